The van der Waals surface area contributed by atoms with Crippen molar-refractivity contribution in [1.29, 1.82) is 0 Å². The fourth-order valence-electron chi connectivity index (χ4n) is 4.54. The molecule has 7 heteroatoms. The summed E-state index contributed by atoms with van der Waals surface area (Å²) in [5, 5.41) is 2.97. The summed E-state index contributed by atoms with van der Waals surface area (Å²) in [7, 11) is 1.33. The topological polar surface area (TPSA) is 63.6 Å². The predicted molar refractivity (Wildman–Crippen MR) is 138 cm³/mol. The van der Waals surface area contributed by atoms with Gasteiger partial charge in [0.25, 0.3) is 0 Å². The van der Waals surface area contributed by atoms with Crippen molar-refractivity contribution in [1.82, 2.24) is 9.47 Å². The molecule has 1 aliphatic heterocycles. The predicted octanol–water partition coefficient (Wildman–Crippen LogP) is 6.12. The summed E-state index contributed by atoms with van der Waals surface area (Å²) in [4.78, 5) is 29.2. The average Bonchev–Trinajstić information content (AvgIpc) is 3.33. The van der Waals surface area contributed by atoms with Crippen LogP contribution in [0.15, 0.2) is 96.0 Å². The van der Waals surface area contributed by atoms with Gasteiger partial charge in [0, 0.05) is 16.8 Å². The number of methoxy groups -OCH3 is 1. The van der Waals surface area contributed by atoms with Gasteiger partial charge < -0.3 is 19.5 Å². The highest BCUT2D eigenvalue weighted by atomic mass is 32.2. The number of esters is 1. The van der Waals surface area contributed by atoms with Gasteiger partial charge in [0.2, 0.25) is 0 Å². The summed E-state index contributed by atoms with van der Waals surface area (Å²) < 4.78 is 7.06. The van der Waals surface area contributed by atoms with E-state index in [1.54, 1.807) is 36.0 Å². The maximum absolute atomic E-state index is 13.9. The van der Waals surface area contributed by atoms with Gasteiger partial charge in [0.05, 0.1) is 36.6 Å². The Morgan fingerprint density at radius 1 is 0.943 bits per heavy atom. The van der Waals surface area contributed by atoms with Crippen molar-refractivity contribution in [3.8, 4) is 5.69 Å². The van der Waals surface area contributed by atoms with Crippen molar-refractivity contribution in [2.45, 2.75) is 17.5 Å². The Balaban J connectivity index is 1.61. The molecule has 1 aliphatic rings. The van der Waals surface area contributed by atoms with E-state index in [9.17, 15) is 9.59 Å². The molecule has 0 radical (unpaired) electrons. The van der Waals surface area contributed by atoms with Crippen LogP contribution in [0, 0.1) is 0 Å². The van der Waals surface area contributed by atoms with Crippen molar-refractivity contribution in [3.63, 3.8) is 0 Å². The van der Waals surface area contributed by atoms with Crippen LogP contribution in [-0.4, -0.2) is 34.8 Å². The molecule has 5 rings (SSSR count). The standard InChI is InChI=1S/C28H25N3O3S/c1-34-27(32)22-9-4-5-10-23(22)29-28(33)31-18-20-8-3-6-11-24(20)30-17-7-12-25(30)26(31)19-13-15-21(35-2)16-14-19/h3-17,26H,18H2,1-2H3,(H,29,33). The van der Waals surface area contributed by atoms with Crippen LogP contribution < -0.4 is 5.32 Å². The Hall–Kier alpha value is -3.97. The summed E-state index contributed by atoms with van der Waals surface area (Å²) in [6.45, 7) is 0.402. The summed E-state index contributed by atoms with van der Waals surface area (Å²) in [5.74, 6) is -0.500. The Morgan fingerprint density at radius 2 is 1.69 bits per heavy atom. The minimum absolute atomic E-state index is 0.301. The molecule has 1 N–H and O–H groups in total. The Bertz CT molecular complexity index is 1380. The highest BCUT2D eigenvalue weighted by Crippen LogP contribution is 2.37. The minimum Gasteiger partial charge on any atom is -0.465 e. The fraction of sp³-hybridized carbons (Fsp3) is 0.143. The number of hydrogen-bond acceptors (Lipinski definition) is 4. The molecular formula is C28H25N3O3S. The van der Waals surface area contributed by atoms with Gasteiger partial charge in [-0.2, -0.15) is 0 Å². The number of amides is 2. The molecule has 0 saturated carbocycles. The van der Waals surface area contributed by atoms with Crippen molar-refractivity contribution in [2.24, 2.45) is 0 Å². The van der Waals surface area contributed by atoms with E-state index in [1.165, 1.54) is 7.11 Å². The normalized spacial score (nSPS) is 14.5. The number of rotatable bonds is 4. The fourth-order valence-corrected chi connectivity index (χ4v) is 4.95. The van der Waals surface area contributed by atoms with Crippen LogP contribution in [0.1, 0.15) is 33.2 Å². The first-order valence-electron chi connectivity index (χ1n) is 11.2. The van der Waals surface area contributed by atoms with Crippen LogP contribution in [0.2, 0.25) is 0 Å². The third kappa shape index (κ3) is 4.31. The second-order valence-electron chi connectivity index (χ2n) is 8.20. The van der Waals surface area contributed by atoms with Crippen LogP contribution in [0.25, 0.3) is 5.69 Å². The lowest BCUT2D eigenvalue weighted by Gasteiger charge is -2.31. The third-order valence-electron chi connectivity index (χ3n) is 6.23. The molecule has 3 aromatic carbocycles. The molecule has 176 valence electrons. The summed E-state index contributed by atoms with van der Waals surface area (Å²) in [5.41, 5.74) is 4.79. The molecule has 2 amide bonds. The Labute approximate surface area is 208 Å². The molecular weight excluding hydrogens is 458 g/mol. The van der Waals surface area contributed by atoms with Gasteiger partial charge in [-0.15, -0.1) is 11.8 Å². The monoisotopic (exact) mass is 483 g/mol. The summed E-state index contributed by atoms with van der Waals surface area (Å²) >= 11 is 1.68. The number of nitrogens with zero attached hydrogens (tertiary/aromatic N) is 2. The van der Waals surface area contributed by atoms with E-state index < -0.39 is 5.97 Å². The number of hydrogen-bond donors (Lipinski definition) is 1. The maximum atomic E-state index is 13.9. The first-order chi connectivity index (χ1) is 17.1. The average molecular weight is 484 g/mol. The van der Waals surface area contributed by atoms with Crippen molar-refractivity contribution in [3.05, 3.63) is 114 Å². The van der Waals surface area contributed by atoms with Gasteiger partial charge >= 0.3 is 12.0 Å². The number of thioether (sulfide) groups is 1. The molecule has 35 heavy (non-hydrogen) atoms. The highest BCUT2D eigenvalue weighted by molar-refractivity contribution is 7.98. The van der Waals surface area contributed by atoms with Crippen molar-refractivity contribution >= 4 is 29.4 Å². The second kappa shape index (κ2) is 9.72. The third-order valence-corrected chi connectivity index (χ3v) is 6.97. The minimum atomic E-state index is -0.500. The Kier molecular flexibility index (Phi) is 6.33. The zero-order valence-corrected chi connectivity index (χ0v) is 20.3. The molecule has 1 aromatic heterocycles. The molecule has 0 aliphatic carbocycles. The van der Waals surface area contributed by atoms with Crippen LogP contribution >= 0.6 is 11.8 Å². The Morgan fingerprint density at radius 3 is 2.46 bits per heavy atom. The summed E-state index contributed by atoms with van der Waals surface area (Å²) in [6, 6.07) is 26.7. The SMILES string of the molecule is COC(=O)c1ccccc1NC(=O)N1Cc2ccccc2-n2cccc2C1c1ccc(SC)cc1. The number of fused-ring (bicyclic) bond motifs is 3. The molecule has 4 aromatic rings. The zero-order chi connectivity index (χ0) is 24.4. The van der Waals surface area contributed by atoms with E-state index in [1.807, 2.05) is 41.6 Å². The number of ether oxygens (including phenoxy) is 1. The van der Waals surface area contributed by atoms with Gasteiger partial charge in [0.15, 0.2) is 0 Å². The molecule has 0 spiro atoms. The smallest absolute Gasteiger partial charge is 0.339 e. The van der Waals surface area contributed by atoms with Crippen LogP contribution in [0.5, 0.6) is 0 Å². The van der Waals surface area contributed by atoms with Gasteiger partial charge in [-0.3, -0.25) is 0 Å². The molecule has 1 atom stereocenters. The van der Waals surface area contributed by atoms with Crippen LogP contribution in [-0.2, 0) is 11.3 Å². The number of benzene rings is 3. The molecule has 0 fully saturated rings. The summed E-state index contributed by atoms with van der Waals surface area (Å²) in [6.07, 6.45) is 4.08. The van der Waals surface area contributed by atoms with Gasteiger partial charge in [-0.05, 0) is 59.8 Å². The van der Waals surface area contributed by atoms with E-state index in [0.29, 0.717) is 17.8 Å². The van der Waals surface area contributed by atoms with E-state index in [0.717, 1.165) is 27.4 Å². The van der Waals surface area contributed by atoms with Gasteiger partial charge in [-0.1, -0.05) is 42.5 Å². The molecule has 2 heterocycles. The first kappa shape index (κ1) is 22.8. The van der Waals surface area contributed by atoms with Gasteiger partial charge in [-0.25, -0.2) is 9.59 Å². The molecule has 0 saturated heterocycles. The molecule has 0 bridgehead atoms. The number of carbonyl (C=O) groups is 2. The highest BCUT2D eigenvalue weighted by Gasteiger charge is 2.33. The van der Waals surface area contributed by atoms with Gasteiger partial charge in [0.1, 0.15) is 0 Å². The number of urea groups is 1. The van der Waals surface area contributed by atoms with Crippen LogP contribution in [0.4, 0.5) is 10.5 Å². The van der Waals surface area contributed by atoms with E-state index in [4.69, 9.17) is 4.74 Å². The number of carbonyl (C=O) groups excluding carboxylic acids is 2. The number of para-hydroxylation sites is 2. The zero-order valence-electron chi connectivity index (χ0n) is 19.5. The lowest BCUT2D eigenvalue weighted by atomic mass is 10.0. The first-order valence-corrected chi connectivity index (χ1v) is 12.5. The lowest BCUT2D eigenvalue weighted by Crippen LogP contribution is -2.38. The van der Waals surface area contributed by atoms with Crippen LogP contribution in [0.3, 0.4) is 0 Å². The quantitative estimate of drug-likeness (QED) is 0.280. The number of anilines is 1. The number of aromatic nitrogens is 1. The maximum Gasteiger partial charge on any atom is 0.339 e. The van der Waals surface area contributed by atoms with Crippen molar-refractivity contribution < 1.29 is 14.3 Å². The molecule has 1 unspecified atom stereocenters. The lowest BCUT2D eigenvalue weighted by molar-refractivity contribution is 0.0602. The van der Waals surface area contributed by atoms with E-state index in [-0.39, 0.29) is 12.1 Å². The van der Waals surface area contributed by atoms with Crippen molar-refractivity contribution in [2.75, 3.05) is 18.7 Å². The molecule has 6 nitrogen and oxygen atoms in total. The second-order valence-corrected chi connectivity index (χ2v) is 9.08. The van der Waals surface area contributed by atoms with E-state index in [2.05, 4.69) is 46.3 Å². The number of nitrogens with one attached hydrogen (secondary N) is 1. The van der Waals surface area contributed by atoms with E-state index >= 15 is 0 Å². The largest absolute Gasteiger partial charge is 0.465 e.